The molecule has 2 atom stereocenters. The smallest absolute Gasteiger partial charge is 0.295 e. The van der Waals surface area contributed by atoms with Gasteiger partial charge in [-0.1, -0.05) is 19.4 Å². The number of carbonyl (C=O) groups is 2. The first-order chi connectivity index (χ1) is 18.4. The Labute approximate surface area is 224 Å². The van der Waals surface area contributed by atoms with E-state index in [1.807, 2.05) is 26.0 Å². The second-order valence-corrected chi connectivity index (χ2v) is 9.64. The van der Waals surface area contributed by atoms with Crippen molar-refractivity contribution in [1.82, 2.24) is 4.90 Å². The number of amides is 1. The van der Waals surface area contributed by atoms with E-state index < -0.39 is 17.7 Å². The third-order valence-electron chi connectivity index (χ3n) is 6.80. The van der Waals surface area contributed by atoms with Crippen LogP contribution in [0.2, 0.25) is 0 Å². The number of fused-ring (bicyclic) bond motifs is 1. The summed E-state index contributed by atoms with van der Waals surface area (Å²) in [6.07, 6.45) is 3.22. The van der Waals surface area contributed by atoms with Crippen LogP contribution in [0.1, 0.15) is 62.8 Å². The number of nitrogens with zero attached hydrogens (tertiary/aromatic N) is 1. The lowest BCUT2D eigenvalue weighted by Crippen LogP contribution is -2.31. The number of benzene rings is 2. The zero-order chi connectivity index (χ0) is 27.2. The van der Waals surface area contributed by atoms with Crippen molar-refractivity contribution in [3.63, 3.8) is 0 Å². The van der Waals surface area contributed by atoms with Gasteiger partial charge in [0.05, 0.1) is 24.8 Å². The summed E-state index contributed by atoms with van der Waals surface area (Å²) in [5.74, 6) is 0.348. The molecule has 0 saturated carbocycles. The zero-order valence-corrected chi connectivity index (χ0v) is 22.6. The van der Waals surface area contributed by atoms with Crippen molar-refractivity contribution < 1.29 is 33.6 Å². The monoisotopic (exact) mass is 523 g/mol. The molecule has 1 saturated heterocycles. The van der Waals surface area contributed by atoms with E-state index in [1.54, 1.807) is 31.4 Å². The third-order valence-corrected chi connectivity index (χ3v) is 6.80. The second kappa shape index (κ2) is 12.3. The lowest BCUT2D eigenvalue weighted by Gasteiger charge is -2.26. The van der Waals surface area contributed by atoms with E-state index in [4.69, 9.17) is 18.9 Å². The number of ether oxygens (including phenoxy) is 4. The van der Waals surface area contributed by atoms with Gasteiger partial charge in [-0.25, -0.2) is 0 Å². The first kappa shape index (κ1) is 27.5. The van der Waals surface area contributed by atoms with E-state index in [2.05, 4.69) is 6.92 Å². The topological polar surface area (TPSA) is 94.5 Å². The number of Topliss-reactive ketones (excluding diaryl/α,β-unsaturated/α-hetero) is 1. The van der Waals surface area contributed by atoms with Gasteiger partial charge in [-0.15, -0.1) is 0 Å². The van der Waals surface area contributed by atoms with Gasteiger partial charge < -0.3 is 29.0 Å². The van der Waals surface area contributed by atoms with Gasteiger partial charge in [-0.3, -0.25) is 9.59 Å². The largest absolute Gasteiger partial charge is 0.507 e. The van der Waals surface area contributed by atoms with Crippen molar-refractivity contribution >= 4 is 17.4 Å². The molecule has 204 valence electrons. The number of unbranched alkanes of at least 4 members (excludes halogenated alkanes) is 1. The van der Waals surface area contributed by atoms with Gasteiger partial charge in [0, 0.05) is 32.2 Å². The van der Waals surface area contributed by atoms with Crippen LogP contribution in [0.5, 0.6) is 17.2 Å². The quantitative estimate of drug-likeness (QED) is 0.180. The summed E-state index contributed by atoms with van der Waals surface area (Å²) in [6, 6.07) is 10.0. The molecule has 0 spiro atoms. The van der Waals surface area contributed by atoms with Crippen LogP contribution in [-0.2, 0) is 20.7 Å². The van der Waals surface area contributed by atoms with Crippen molar-refractivity contribution in [1.29, 1.82) is 0 Å². The molecule has 8 nitrogen and oxygen atoms in total. The molecule has 0 aromatic heterocycles. The van der Waals surface area contributed by atoms with E-state index in [0.717, 1.165) is 24.2 Å². The maximum Gasteiger partial charge on any atom is 0.295 e. The molecule has 2 aliphatic heterocycles. The number of aliphatic hydroxyl groups excluding tert-OH is 1. The predicted octanol–water partition coefficient (Wildman–Crippen LogP) is 5.05. The number of likely N-dealkylation sites (tertiary alicyclic amines) is 1. The molecule has 0 radical (unpaired) electrons. The molecule has 0 unspecified atom stereocenters. The number of rotatable bonds is 12. The van der Waals surface area contributed by atoms with Crippen LogP contribution < -0.4 is 14.2 Å². The maximum atomic E-state index is 13.4. The molecule has 1 amide bonds. The van der Waals surface area contributed by atoms with Crippen LogP contribution in [0, 0.1) is 0 Å². The fraction of sp³-hybridized carbons (Fsp3) is 0.467. The van der Waals surface area contributed by atoms with Crippen LogP contribution in [0.3, 0.4) is 0 Å². The molecule has 38 heavy (non-hydrogen) atoms. The first-order valence-electron chi connectivity index (χ1n) is 13.4. The highest BCUT2D eigenvalue weighted by atomic mass is 16.5. The summed E-state index contributed by atoms with van der Waals surface area (Å²) in [5, 5.41) is 11.5. The Hall–Kier alpha value is -3.52. The van der Waals surface area contributed by atoms with Gasteiger partial charge >= 0.3 is 0 Å². The number of aliphatic hydroxyl groups is 1. The van der Waals surface area contributed by atoms with Crippen LogP contribution in [0.4, 0.5) is 0 Å². The SMILES string of the molecule is CCCCOc1ccc([C@@H]2/C(=C(\O)c3ccc4c(c3)C[C@H](C)O4)C(=O)C(=O)N2CCCOC)cc1OCC. The van der Waals surface area contributed by atoms with Gasteiger partial charge in [0.2, 0.25) is 0 Å². The van der Waals surface area contributed by atoms with Gasteiger partial charge in [0.25, 0.3) is 11.7 Å². The van der Waals surface area contributed by atoms with Crippen LogP contribution in [0.15, 0.2) is 42.0 Å². The lowest BCUT2D eigenvalue weighted by molar-refractivity contribution is -0.140. The van der Waals surface area contributed by atoms with Crippen LogP contribution >= 0.6 is 0 Å². The number of methoxy groups -OCH3 is 1. The van der Waals surface area contributed by atoms with Gasteiger partial charge in [0.15, 0.2) is 11.5 Å². The Morgan fingerprint density at radius 2 is 1.87 bits per heavy atom. The average molecular weight is 524 g/mol. The molecule has 2 aliphatic rings. The Bertz CT molecular complexity index is 1210. The Kier molecular flexibility index (Phi) is 8.94. The highest BCUT2D eigenvalue weighted by Gasteiger charge is 2.46. The van der Waals surface area contributed by atoms with E-state index in [0.29, 0.717) is 61.8 Å². The Morgan fingerprint density at radius 3 is 2.61 bits per heavy atom. The minimum absolute atomic E-state index is 0.0452. The fourth-order valence-corrected chi connectivity index (χ4v) is 4.97. The van der Waals surface area contributed by atoms with E-state index in [1.165, 1.54) is 4.90 Å². The molecule has 8 heteroatoms. The standard InChI is InChI=1S/C30H37NO7/c1-5-7-15-37-24-12-9-20(18-25(24)36-6-2)27-26(29(33)30(34)31(27)13-8-14-35-4)28(32)21-10-11-23-22(17-21)16-19(3)38-23/h9-12,17-19,27,32H,5-8,13-16H2,1-4H3/b28-26+/t19-,27+/m0/s1. The summed E-state index contributed by atoms with van der Waals surface area (Å²) in [4.78, 5) is 28.1. The van der Waals surface area contributed by atoms with Crippen molar-refractivity contribution in [3.8, 4) is 17.2 Å². The summed E-state index contributed by atoms with van der Waals surface area (Å²) in [5.41, 5.74) is 2.15. The van der Waals surface area contributed by atoms with Crippen molar-refractivity contribution in [3.05, 3.63) is 58.7 Å². The normalized spacial score (nSPS) is 19.9. The summed E-state index contributed by atoms with van der Waals surface area (Å²) < 4.78 is 22.8. The lowest BCUT2D eigenvalue weighted by atomic mass is 9.94. The first-order valence-corrected chi connectivity index (χ1v) is 13.4. The number of carbonyl (C=O) groups excluding carboxylic acids is 2. The number of ketones is 1. The minimum Gasteiger partial charge on any atom is -0.507 e. The number of hydrogen-bond donors (Lipinski definition) is 1. The van der Waals surface area contributed by atoms with E-state index in [-0.39, 0.29) is 17.4 Å². The predicted molar refractivity (Wildman–Crippen MR) is 144 cm³/mol. The molecule has 4 rings (SSSR count). The molecule has 2 aromatic carbocycles. The molecule has 0 bridgehead atoms. The Balaban J connectivity index is 1.79. The average Bonchev–Trinajstić information content (AvgIpc) is 3.40. The van der Waals surface area contributed by atoms with E-state index in [9.17, 15) is 14.7 Å². The molecular formula is C30H37NO7. The highest BCUT2D eigenvalue weighted by Crippen LogP contribution is 2.43. The molecule has 2 heterocycles. The third kappa shape index (κ3) is 5.65. The fourth-order valence-electron chi connectivity index (χ4n) is 4.97. The minimum atomic E-state index is -0.779. The van der Waals surface area contributed by atoms with Gasteiger partial charge in [-0.05, 0) is 68.1 Å². The van der Waals surface area contributed by atoms with Gasteiger partial charge in [-0.2, -0.15) is 0 Å². The van der Waals surface area contributed by atoms with Crippen molar-refractivity contribution in [2.24, 2.45) is 0 Å². The van der Waals surface area contributed by atoms with Crippen molar-refractivity contribution in [2.75, 3.05) is 33.5 Å². The van der Waals surface area contributed by atoms with Crippen molar-refractivity contribution in [2.45, 2.75) is 58.6 Å². The summed E-state index contributed by atoms with van der Waals surface area (Å²) >= 11 is 0. The van der Waals surface area contributed by atoms with Gasteiger partial charge in [0.1, 0.15) is 17.6 Å². The number of hydrogen-bond acceptors (Lipinski definition) is 7. The highest BCUT2D eigenvalue weighted by molar-refractivity contribution is 6.46. The molecular weight excluding hydrogens is 486 g/mol. The van der Waals surface area contributed by atoms with Crippen LogP contribution in [-0.4, -0.2) is 61.3 Å². The van der Waals surface area contributed by atoms with E-state index >= 15 is 0 Å². The maximum absolute atomic E-state index is 13.4. The molecule has 1 N–H and O–H groups in total. The molecule has 1 fully saturated rings. The second-order valence-electron chi connectivity index (χ2n) is 9.64. The zero-order valence-electron chi connectivity index (χ0n) is 22.6. The summed E-state index contributed by atoms with van der Waals surface area (Å²) in [7, 11) is 1.59. The van der Waals surface area contributed by atoms with Crippen LogP contribution in [0.25, 0.3) is 5.76 Å². The Morgan fingerprint density at radius 1 is 1.05 bits per heavy atom. The molecule has 2 aromatic rings. The molecule has 0 aliphatic carbocycles. The summed E-state index contributed by atoms with van der Waals surface area (Å²) in [6.45, 7) is 7.69.